The summed E-state index contributed by atoms with van der Waals surface area (Å²) in [6.07, 6.45) is 1.70. The molecule has 0 aromatic heterocycles. The second-order valence-corrected chi connectivity index (χ2v) is 1.26. The summed E-state index contributed by atoms with van der Waals surface area (Å²) in [5.74, 6) is 0. The number of hydrogen-bond donors (Lipinski definition) is 1. The van der Waals surface area contributed by atoms with Crippen LogP contribution >= 0.6 is 12.4 Å². The molecule has 0 heterocycles. The summed E-state index contributed by atoms with van der Waals surface area (Å²) in [5.41, 5.74) is 0.891. The maximum Gasteiger partial charge on any atom is 0.0261 e. The maximum atomic E-state index is 3.63. The summed E-state index contributed by atoms with van der Waals surface area (Å²) < 4.78 is 0. The van der Waals surface area contributed by atoms with Crippen LogP contribution in [0.2, 0.25) is 0 Å². The Kier molecular flexibility index (Phi) is 8.65. The van der Waals surface area contributed by atoms with Crippen molar-refractivity contribution in [2.75, 3.05) is 6.54 Å². The molecule has 1 N–H and O–H groups in total. The highest BCUT2D eigenvalue weighted by Gasteiger charge is 1.75. The molecule has 0 saturated carbocycles. The molecule has 0 saturated heterocycles. The Labute approximate surface area is 56.9 Å². The summed E-state index contributed by atoms with van der Waals surface area (Å²) in [5, 5.41) is 2.98. The van der Waals surface area contributed by atoms with E-state index in [-0.39, 0.29) is 12.4 Å². The van der Waals surface area contributed by atoms with Crippen molar-refractivity contribution in [3.8, 4) is 0 Å². The van der Waals surface area contributed by atoms with Crippen LogP contribution in [0.5, 0.6) is 0 Å². The minimum atomic E-state index is 0. The van der Waals surface area contributed by atoms with Gasteiger partial charge in [0, 0.05) is 12.2 Å². The molecule has 0 radical (unpaired) electrons. The van der Waals surface area contributed by atoms with Gasteiger partial charge in [0.2, 0.25) is 0 Å². The minimum absolute atomic E-state index is 0. The van der Waals surface area contributed by atoms with Gasteiger partial charge < -0.3 is 5.32 Å². The third-order valence-electron chi connectivity index (χ3n) is 0.650. The van der Waals surface area contributed by atoms with Gasteiger partial charge in [0.25, 0.3) is 0 Å². The molecule has 0 rings (SSSR count). The molecule has 8 heavy (non-hydrogen) atoms. The van der Waals surface area contributed by atoms with Crippen molar-refractivity contribution in [2.24, 2.45) is 0 Å². The van der Waals surface area contributed by atoms with E-state index in [0.29, 0.717) is 0 Å². The van der Waals surface area contributed by atoms with Crippen LogP contribution in [-0.4, -0.2) is 6.54 Å². The van der Waals surface area contributed by atoms with Crippen LogP contribution in [0, 0.1) is 0 Å². The van der Waals surface area contributed by atoms with Crippen LogP contribution < -0.4 is 5.32 Å². The highest BCUT2D eigenvalue weighted by molar-refractivity contribution is 5.85. The lowest BCUT2D eigenvalue weighted by Crippen LogP contribution is -2.07. The molecular weight excluding hydrogens is 122 g/mol. The molecule has 1 nitrogen and oxygen atoms in total. The Morgan fingerprint density at radius 1 is 1.75 bits per heavy atom. The van der Waals surface area contributed by atoms with Gasteiger partial charge in [0.1, 0.15) is 0 Å². The summed E-state index contributed by atoms with van der Waals surface area (Å²) in [4.78, 5) is 0. The zero-order valence-electron chi connectivity index (χ0n) is 5.11. The average Bonchev–Trinajstić information content (AvgIpc) is 1.68. The summed E-state index contributed by atoms with van der Waals surface area (Å²) in [7, 11) is 0. The number of rotatable bonds is 3. The Bertz CT molecular complexity index is 78.6. The lowest BCUT2D eigenvalue weighted by molar-refractivity contribution is 0.883. The average molecular weight is 134 g/mol. The number of likely N-dealkylation sites (N-methyl/N-ethyl adjacent to an activating group) is 1. The highest BCUT2D eigenvalue weighted by Crippen LogP contribution is 1.79. The van der Waals surface area contributed by atoms with Gasteiger partial charge in [-0.2, -0.15) is 0 Å². The van der Waals surface area contributed by atoms with Crippen LogP contribution in [0.1, 0.15) is 6.92 Å². The Hall–Kier alpha value is -0.430. The van der Waals surface area contributed by atoms with Crippen molar-refractivity contribution in [2.45, 2.75) is 6.92 Å². The standard InChI is InChI=1S/C6H11N.ClH/c1-4-6(3)7-5-2;/h4,7H,1,3,5H2,2H3;1H. The van der Waals surface area contributed by atoms with Gasteiger partial charge >= 0.3 is 0 Å². The van der Waals surface area contributed by atoms with E-state index in [0.717, 1.165) is 12.2 Å². The molecule has 0 unspecified atom stereocenters. The van der Waals surface area contributed by atoms with E-state index in [9.17, 15) is 0 Å². The van der Waals surface area contributed by atoms with E-state index in [1.54, 1.807) is 6.08 Å². The Morgan fingerprint density at radius 3 is 2.38 bits per heavy atom. The van der Waals surface area contributed by atoms with E-state index in [1.807, 2.05) is 6.92 Å². The smallest absolute Gasteiger partial charge is 0.0261 e. The maximum absolute atomic E-state index is 3.63. The molecule has 0 aromatic carbocycles. The van der Waals surface area contributed by atoms with Crippen molar-refractivity contribution in [3.05, 3.63) is 24.9 Å². The monoisotopic (exact) mass is 133 g/mol. The fraction of sp³-hybridized carbons (Fsp3) is 0.333. The van der Waals surface area contributed by atoms with Crippen LogP contribution in [0.3, 0.4) is 0 Å². The largest absolute Gasteiger partial charge is 0.386 e. The Balaban J connectivity index is 0. The molecule has 48 valence electrons. The zero-order valence-corrected chi connectivity index (χ0v) is 5.92. The molecule has 0 aliphatic rings. The first kappa shape index (κ1) is 10.5. The quantitative estimate of drug-likeness (QED) is 0.579. The number of allylic oxidation sites excluding steroid dienone is 1. The molecule has 0 spiro atoms. The number of hydrogen-bond acceptors (Lipinski definition) is 1. The fourth-order valence-electron chi connectivity index (χ4n) is 0.299. The van der Waals surface area contributed by atoms with Gasteiger partial charge in [-0.05, 0) is 13.0 Å². The van der Waals surface area contributed by atoms with E-state index >= 15 is 0 Å². The van der Waals surface area contributed by atoms with Gasteiger partial charge in [0.05, 0.1) is 0 Å². The zero-order chi connectivity index (χ0) is 5.70. The second-order valence-electron chi connectivity index (χ2n) is 1.26. The van der Waals surface area contributed by atoms with Crippen LogP contribution in [0.4, 0.5) is 0 Å². The molecular formula is C6H12ClN. The molecule has 0 fully saturated rings. The van der Waals surface area contributed by atoms with Gasteiger partial charge in [-0.1, -0.05) is 13.2 Å². The van der Waals surface area contributed by atoms with Crippen LogP contribution in [0.25, 0.3) is 0 Å². The van der Waals surface area contributed by atoms with E-state index < -0.39 is 0 Å². The SMILES string of the molecule is C=CC(=C)NCC.Cl. The van der Waals surface area contributed by atoms with Crippen molar-refractivity contribution < 1.29 is 0 Å². The summed E-state index contributed by atoms with van der Waals surface area (Å²) >= 11 is 0. The molecule has 0 amide bonds. The van der Waals surface area contributed by atoms with Crippen molar-refractivity contribution >= 4 is 12.4 Å². The first-order valence-electron chi connectivity index (χ1n) is 2.36. The van der Waals surface area contributed by atoms with Crippen LogP contribution in [0.15, 0.2) is 24.9 Å². The molecule has 0 atom stereocenters. The van der Waals surface area contributed by atoms with Gasteiger partial charge in [-0.3, -0.25) is 0 Å². The third-order valence-corrected chi connectivity index (χ3v) is 0.650. The lowest BCUT2D eigenvalue weighted by Gasteiger charge is -1.96. The van der Waals surface area contributed by atoms with Crippen molar-refractivity contribution in [1.29, 1.82) is 0 Å². The molecule has 2 heteroatoms. The predicted octanol–water partition coefficient (Wildman–Crippen LogP) is 1.72. The third kappa shape index (κ3) is 5.57. The molecule has 0 aliphatic heterocycles. The van der Waals surface area contributed by atoms with E-state index in [1.165, 1.54) is 0 Å². The van der Waals surface area contributed by atoms with Gasteiger partial charge in [-0.15, -0.1) is 12.4 Å². The first-order chi connectivity index (χ1) is 3.31. The van der Waals surface area contributed by atoms with Gasteiger partial charge in [0.15, 0.2) is 0 Å². The van der Waals surface area contributed by atoms with Crippen molar-refractivity contribution in [1.82, 2.24) is 5.32 Å². The minimum Gasteiger partial charge on any atom is -0.386 e. The first-order valence-corrected chi connectivity index (χ1v) is 2.36. The molecule has 0 bridgehead atoms. The van der Waals surface area contributed by atoms with Gasteiger partial charge in [-0.25, -0.2) is 0 Å². The van der Waals surface area contributed by atoms with Crippen LogP contribution in [-0.2, 0) is 0 Å². The fourth-order valence-corrected chi connectivity index (χ4v) is 0.299. The second kappa shape index (κ2) is 6.57. The Morgan fingerprint density at radius 2 is 2.25 bits per heavy atom. The van der Waals surface area contributed by atoms with E-state index in [4.69, 9.17) is 0 Å². The number of halogens is 1. The normalized spacial score (nSPS) is 6.62. The topological polar surface area (TPSA) is 12.0 Å². The number of nitrogens with one attached hydrogen (secondary N) is 1. The molecule has 0 aliphatic carbocycles. The predicted molar refractivity (Wildman–Crippen MR) is 40.3 cm³/mol. The highest BCUT2D eigenvalue weighted by atomic mass is 35.5. The summed E-state index contributed by atoms with van der Waals surface area (Å²) in [6, 6.07) is 0. The van der Waals surface area contributed by atoms with Crippen molar-refractivity contribution in [3.63, 3.8) is 0 Å². The summed E-state index contributed by atoms with van der Waals surface area (Å²) in [6.45, 7) is 10.1. The lowest BCUT2D eigenvalue weighted by atomic mass is 10.5. The molecule has 0 aromatic rings. The van der Waals surface area contributed by atoms with E-state index in [2.05, 4.69) is 18.5 Å².